The number of hydrogen-bond donors (Lipinski definition) is 2. The standard InChI is InChI=1S/C16H25N3O2/c1-4-8-17-16(20)18-11-14(19(2)3)12-5-6-15-13(10-12)7-9-21-15/h5-6,10,14H,4,7-9,11H2,1-3H3,(H2,17,18,20). The highest BCUT2D eigenvalue weighted by atomic mass is 16.5. The summed E-state index contributed by atoms with van der Waals surface area (Å²) in [5.74, 6) is 0.991. The number of ether oxygens (including phenoxy) is 1. The number of nitrogens with zero attached hydrogens (tertiary/aromatic N) is 1. The van der Waals surface area contributed by atoms with Gasteiger partial charge in [0.05, 0.1) is 12.6 Å². The maximum absolute atomic E-state index is 11.7. The van der Waals surface area contributed by atoms with Gasteiger partial charge in [0, 0.05) is 19.5 Å². The molecule has 1 aromatic carbocycles. The van der Waals surface area contributed by atoms with E-state index in [0.717, 1.165) is 25.2 Å². The first kappa shape index (κ1) is 15.6. The first-order chi connectivity index (χ1) is 10.1. The van der Waals surface area contributed by atoms with Crippen molar-refractivity contribution in [2.45, 2.75) is 25.8 Å². The molecule has 1 aliphatic heterocycles. The number of amides is 2. The van der Waals surface area contributed by atoms with Crippen LogP contribution in [0, 0.1) is 0 Å². The van der Waals surface area contributed by atoms with E-state index in [-0.39, 0.29) is 12.1 Å². The van der Waals surface area contributed by atoms with E-state index in [1.165, 1.54) is 11.1 Å². The highest BCUT2D eigenvalue weighted by Gasteiger charge is 2.19. The second-order valence-electron chi connectivity index (χ2n) is 5.58. The number of carbonyl (C=O) groups is 1. The van der Waals surface area contributed by atoms with Crippen LogP contribution in [0.25, 0.3) is 0 Å². The molecule has 2 rings (SSSR count). The summed E-state index contributed by atoms with van der Waals surface area (Å²) in [6.45, 7) is 4.09. The smallest absolute Gasteiger partial charge is 0.314 e. The van der Waals surface area contributed by atoms with Gasteiger partial charge in [0.15, 0.2) is 0 Å². The number of carbonyl (C=O) groups excluding carboxylic acids is 1. The summed E-state index contributed by atoms with van der Waals surface area (Å²) in [5, 5.41) is 5.77. The molecule has 21 heavy (non-hydrogen) atoms. The number of likely N-dealkylation sites (N-methyl/N-ethyl adjacent to an activating group) is 1. The minimum Gasteiger partial charge on any atom is -0.493 e. The minimum atomic E-state index is -0.104. The van der Waals surface area contributed by atoms with Crippen molar-refractivity contribution in [3.8, 4) is 5.75 Å². The van der Waals surface area contributed by atoms with Gasteiger partial charge in [-0.15, -0.1) is 0 Å². The zero-order valence-electron chi connectivity index (χ0n) is 13.1. The monoisotopic (exact) mass is 291 g/mol. The summed E-state index contributed by atoms with van der Waals surface area (Å²) >= 11 is 0. The van der Waals surface area contributed by atoms with Gasteiger partial charge in [-0.05, 0) is 37.7 Å². The third kappa shape index (κ3) is 4.11. The molecule has 116 valence electrons. The van der Waals surface area contributed by atoms with Gasteiger partial charge in [0.1, 0.15) is 5.75 Å². The molecule has 0 bridgehead atoms. The molecule has 5 heteroatoms. The van der Waals surface area contributed by atoms with Gasteiger partial charge in [-0.25, -0.2) is 4.79 Å². The Morgan fingerprint density at radius 1 is 1.38 bits per heavy atom. The normalized spacial score (nSPS) is 14.5. The van der Waals surface area contributed by atoms with E-state index in [9.17, 15) is 4.79 Å². The van der Waals surface area contributed by atoms with Crippen molar-refractivity contribution in [1.29, 1.82) is 0 Å². The second-order valence-corrected chi connectivity index (χ2v) is 5.58. The van der Waals surface area contributed by atoms with Gasteiger partial charge < -0.3 is 20.3 Å². The molecule has 1 aromatic rings. The molecular weight excluding hydrogens is 266 g/mol. The first-order valence-corrected chi connectivity index (χ1v) is 7.55. The number of nitrogens with one attached hydrogen (secondary N) is 2. The third-order valence-electron chi connectivity index (χ3n) is 3.71. The third-order valence-corrected chi connectivity index (χ3v) is 3.71. The van der Waals surface area contributed by atoms with Crippen LogP contribution in [0.4, 0.5) is 4.79 Å². The number of rotatable bonds is 6. The molecule has 0 aliphatic carbocycles. The number of fused-ring (bicyclic) bond motifs is 1. The Hall–Kier alpha value is -1.75. The largest absolute Gasteiger partial charge is 0.493 e. The van der Waals surface area contributed by atoms with Crippen LogP contribution >= 0.6 is 0 Å². The molecule has 0 saturated heterocycles. The van der Waals surface area contributed by atoms with Crippen LogP contribution in [0.3, 0.4) is 0 Å². The van der Waals surface area contributed by atoms with Crippen LogP contribution < -0.4 is 15.4 Å². The van der Waals surface area contributed by atoms with E-state index in [1.54, 1.807) is 0 Å². The molecule has 2 amide bonds. The van der Waals surface area contributed by atoms with Gasteiger partial charge in [0.2, 0.25) is 0 Å². The van der Waals surface area contributed by atoms with E-state index in [0.29, 0.717) is 13.1 Å². The van der Waals surface area contributed by atoms with Crippen LogP contribution in [0.1, 0.15) is 30.5 Å². The van der Waals surface area contributed by atoms with Gasteiger partial charge >= 0.3 is 6.03 Å². The van der Waals surface area contributed by atoms with Gasteiger partial charge in [-0.3, -0.25) is 0 Å². The Kier molecular flexibility index (Phi) is 5.44. The summed E-state index contributed by atoms with van der Waals surface area (Å²) in [5.41, 5.74) is 2.47. The van der Waals surface area contributed by atoms with E-state index in [1.807, 2.05) is 27.1 Å². The van der Waals surface area contributed by atoms with Crippen LogP contribution in [0.5, 0.6) is 5.75 Å². The topological polar surface area (TPSA) is 53.6 Å². The molecule has 5 nitrogen and oxygen atoms in total. The zero-order valence-corrected chi connectivity index (χ0v) is 13.1. The molecule has 0 aromatic heterocycles. The van der Waals surface area contributed by atoms with Crippen molar-refractivity contribution in [3.63, 3.8) is 0 Å². The number of urea groups is 1. The highest BCUT2D eigenvalue weighted by Crippen LogP contribution is 2.29. The lowest BCUT2D eigenvalue weighted by Crippen LogP contribution is -2.40. The van der Waals surface area contributed by atoms with Crippen LogP contribution in [0.2, 0.25) is 0 Å². The van der Waals surface area contributed by atoms with E-state index in [2.05, 4.69) is 27.7 Å². The fraction of sp³-hybridized carbons (Fsp3) is 0.562. The zero-order chi connectivity index (χ0) is 15.2. The predicted octanol–water partition coefficient (Wildman–Crippen LogP) is 1.93. The number of hydrogen-bond acceptors (Lipinski definition) is 3. The van der Waals surface area contributed by atoms with Crippen LogP contribution in [-0.2, 0) is 6.42 Å². The van der Waals surface area contributed by atoms with Crippen molar-refractivity contribution >= 4 is 6.03 Å². The fourth-order valence-corrected chi connectivity index (χ4v) is 2.50. The van der Waals surface area contributed by atoms with Gasteiger partial charge in [0.25, 0.3) is 0 Å². The van der Waals surface area contributed by atoms with E-state index >= 15 is 0 Å². The Morgan fingerprint density at radius 2 is 2.19 bits per heavy atom. The predicted molar refractivity (Wildman–Crippen MR) is 83.8 cm³/mol. The summed E-state index contributed by atoms with van der Waals surface area (Å²) in [6, 6.07) is 6.36. The first-order valence-electron chi connectivity index (χ1n) is 7.55. The molecular formula is C16H25N3O2. The Morgan fingerprint density at radius 3 is 2.90 bits per heavy atom. The summed E-state index contributed by atoms with van der Waals surface area (Å²) in [4.78, 5) is 13.8. The van der Waals surface area contributed by atoms with Crippen LogP contribution in [-0.4, -0.2) is 44.7 Å². The molecule has 1 heterocycles. The Bertz CT molecular complexity index is 488. The van der Waals surface area contributed by atoms with E-state index in [4.69, 9.17) is 4.74 Å². The average molecular weight is 291 g/mol. The van der Waals surface area contributed by atoms with Crippen molar-refractivity contribution < 1.29 is 9.53 Å². The maximum atomic E-state index is 11.7. The summed E-state index contributed by atoms with van der Waals surface area (Å²) in [6.07, 6.45) is 1.91. The van der Waals surface area contributed by atoms with Gasteiger partial charge in [-0.1, -0.05) is 19.1 Å². The average Bonchev–Trinajstić information content (AvgIpc) is 2.92. The molecule has 0 fully saturated rings. The van der Waals surface area contributed by atoms with E-state index < -0.39 is 0 Å². The Balaban J connectivity index is 2.00. The lowest BCUT2D eigenvalue weighted by Gasteiger charge is -2.25. The molecule has 0 saturated carbocycles. The van der Waals surface area contributed by atoms with Crippen molar-refractivity contribution in [1.82, 2.24) is 15.5 Å². The quantitative estimate of drug-likeness (QED) is 0.842. The lowest BCUT2D eigenvalue weighted by atomic mass is 10.0. The fourth-order valence-electron chi connectivity index (χ4n) is 2.50. The van der Waals surface area contributed by atoms with Crippen molar-refractivity contribution in [3.05, 3.63) is 29.3 Å². The molecule has 1 unspecified atom stereocenters. The van der Waals surface area contributed by atoms with Crippen molar-refractivity contribution in [2.75, 3.05) is 33.8 Å². The highest BCUT2D eigenvalue weighted by molar-refractivity contribution is 5.73. The maximum Gasteiger partial charge on any atom is 0.314 e. The molecule has 2 N–H and O–H groups in total. The second kappa shape index (κ2) is 7.31. The van der Waals surface area contributed by atoms with Gasteiger partial charge in [-0.2, -0.15) is 0 Å². The lowest BCUT2D eigenvalue weighted by molar-refractivity contribution is 0.233. The molecule has 0 spiro atoms. The minimum absolute atomic E-state index is 0.104. The molecule has 1 aliphatic rings. The van der Waals surface area contributed by atoms with Crippen molar-refractivity contribution in [2.24, 2.45) is 0 Å². The summed E-state index contributed by atoms with van der Waals surface area (Å²) in [7, 11) is 4.06. The summed E-state index contributed by atoms with van der Waals surface area (Å²) < 4.78 is 5.54. The Labute approximate surface area is 126 Å². The molecule has 0 radical (unpaired) electrons. The van der Waals surface area contributed by atoms with Crippen LogP contribution in [0.15, 0.2) is 18.2 Å². The SMILES string of the molecule is CCCNC(=O)NCC(c1ccc2c(c1)CCO2)N(C)C. The number of benzene rings is 1. The molecule has 1 atom stereocenters.